The van der Waals surface area contributed by atoms with Gasteiger partial charge in [-0.25, -0.2) is 9.97 Å². The van der Waals surface area contributed by atoms with E-state index in [0.29, 0.717) is 6.04 Å². The summed E-state index contributed by atoms with van der Waals surface area (Å²) < 4.78 is 2.15. The molecular weight excluding hydrogens is 408 g/mol. The van der Waals surface area contributed by atoms with Gasteiger partial charge in [-0.3, -0.25) is 4.57 Å². The Morgan fingerprint density at radius 3 is 2.39 bits per heavy atom. The highest BCUT2D eigenvalue weighted by Crippen LogP contribution is 2.44. The van der Waals surface area contributed by atoms with Crippen LogP contribution in [0.1, 0.15) is 56.7 Å². The van der Waals surface area contributed by atoms with Gasteiger partial charge in [-0.1, -0.05) is 74.4 Å². The Hall–Kier alpha value is -3.54. The summed E-state index contributed by atoms with van der Waals surface area (Å²) in [5.74, 6) is 3.67. The molecule has 1 unspecified atom stereocenters. The number of aryl methyl sites for hydroxylation is 1. The Morgan fingerprint density at radius 2 is 1.64 bits per heavy atom. The van der Waals surface area contributed by atoms with E-state index in [9.17, 15) is 0 Å². The Morgan fingerprint density at radius 1 is 0.909 bits per heavy atom. The lowest BCUT2D eigenvalue weighted by Gasteiger charge is -2.41. The molecule has 2 aromatic carbocycles. The monoisotopic (exact) mass is 436 g/mol. The van der Waals surface area contributed by atoms with Crippen LogP contribution in [0.2, 0.25) is 0 Å². The second-order valence-corrected chi connectivity index (χ2v) is 9.02. The van der Waals surface area contributed by atoms with E-state index in [-0.39, 0.29) is 6.04 Å². The molecule has 1 atom stereocenters. The Balaban J connectivity index is 1.55. The van der Waals surface area contributed by atoms with Crippen LogP contribution in [0.15, 0.2) is 60.8 Å². The summed E-state index contributed by atoms with van der Waals surface area (Å²) in [4.78, 5) is 12.6. The fraction of sp³-hybridized carbons (Fsp3) is 0.333. The second-order valence-electron chi connectivity index (χ2n) is 9.02. The molecule has 3 heterocycles. The number of benzene rings is 2. The van der Waals surface area contributed by atoms with Crippen molar-refractivity contribution in [3.63, 3.8) is 0 Å². The number of hydrogen-bond acceptors (Lipinski definition) is 5. The zero-order valence-corrected chi connectivity index (χ0v) is 19.1. The van der Waals surface area contributed by atoms with Gasteiger partial charge in [0.25, 0.3) is 0 Å². The molecule has 6 heteroatoms. The summed E-state index contributed by atoms with van der Waals surface area (Å²) in [6.45, 7) is 4.25. The number of anilines is 1. The highest BCUT2D eigenvalue weighted by atomic mass is 15.4. The maximum absolute atomic E-state index is 5.25. The van der Waals surface area contributed by atoms with Gasteiger partial charge in [0.1, 0.15) is 11.5 Å². The van der Waals surface area contributed by atoms with Crippen LogP contribution in [0.3, 0.4) is 0 Å². The summed E-state index contributed by atoms with van der Waals surface area (Å²) in [5.41, 5.74) is 4.36. The predicted octanol–water partition coefficient (Wildman–Crippen LogP) is 5.91. The minimum Gasteiger partial charge on any atom is -0.342 e. The Labute approximate surface area is 194 Å². The lowest BCUT2D eigenvalue weighted by atomic mass is 9.99. The van der Waals surface area contributed by atoms with Crippen molar-refractivity contribution in [1.29, 1.82) is 0 Å². The molecule has 0 saturated heterocycles. The maximum atomic E-state index is 5.25. The van der Waals surface area contributed by atoms with Crippen LogP contribution in [-0.2, 0) is 0 Å². The van der Waals surface area contributed by atoms with E-state index in [0.717, 1.165) is 46.5 Å². The van der Waals surface area contributed by atoms with Crippen LogP contribution in [0.25, 0.3) is 28.2 Å². The molecule has 1 fully saturated rings. The summed E-state index contributed by atoms with van der Waals surface area (Å²) in [7, 11) is 0. The van der Waals surface area contributed by atoms with Crippen molar-refractivity contribution in [1.82, 2.24) is 24.7 Å². The van der Waals surface area contributed by atoms with Crippen molar-refractivity contribution < 1.29 is 0 Å². The van der Waals surface area contributed by atoms with E-state index in [1.807, 2.05) is 19.2 Å². The smallest absolute Gasteiger partial charge is 0.162 e. The van der Waals surface area contributed by atoms with Crippen LogP contribution in [0.4, 0.5) is 5.82 Å². The van der Waals surface area contributed by atoms with Crippen molar-refractivity contribution in [2.45, 2.75) is 58.0 Å². The third-order valence-corrected chi connectivity index (χ3v) is 7.08. The fourth-order valence-electron chi connectivity index (χ4n) is 5.54. The molecule has 6 rings (SSSR count). The van der Waals surface area contributed by atoms with Crippen LogP contribution < -0.4 is 4.90 Å². The van der Waals surface area contributed by atoms with Gasteiger partial charge in [-0.2, -0.15) is 0 Å². The lowest BCUT2D eigenvalue weighted by molar-refractivity contribution is 0.468. The highest BCUT2D eigenvalue weighted by molar-refractivity contribution is 5.81. The van der Waals surface area contributed by atoms with E-state index < -0.39 is 0 Å². The molecule has 1 aliphatic carbocycles. The minimum absolute atomic E-state index is 0.175. The largest absolute Gasteiger partial charge is 0.342 e. The van der Waals surface area contributed by atoms with Crippen molar-refractivity contribution in [2.75, 3.05) is 4.90 Å². The molecule has 6 nitrogen and oxygen atoms in total. The van der Waals surface area contributed by atoms with Crippen molar-refractivity contribution in [2.24, 2.45) is 0 Å². The van der Waals surface area contributed by atoms with E-state index in [1.165, 1.54) is 31.2 Å². The Kier molecular flexibility index (Phi) is 4.93. The lowest BCUT2D eigenvalue weighted by Crippen LogP contribution is -2.42. The first-order valence-corrected chi connectivity index (χ1v) is 12.0. The first kappa shape index (κ1) is 20.1. The number of rotatable bonds is 4. The van der Waals surface area contributed by atoms with E-state index >= 15 is 0 Å². The van der Waals surface area contributed by atoms with Gasteiger partial charge in [-0.15, -0.1) is 10.2 Å². The zero-order chi connectivity index (χ0) is 22.4. The van der Waals surface area contributed by atoms with Crippen LogP contribution in [0, 0.1) is 6.92 Å². The zero-order valence-electron chi connectivity index (χ0n) is 19.1. The predicted molar refractivity (Wildman–Crippen MR) is 130 cm³/mol. The third kappa shape index (κ3) is 3.24. The normalized spacial score (nSPS) is 17.8. The maximum Gasteiger partial charge on any atom is 0.162 e. The van der Waals surface area contributed by atoms with Gasteiger partial charge in [0.15, 0.2) is 17.5 Å². The van der Waals surface area contributed by atoms with Gasteiger partial charge in [0.05, 0.1) is 12.2 Å². The number of aromatic nitrogens is 5. The molecule has 1 saturated carbocycles. The topological polar surface area (TPSA) is 59.7 Å². The molecule has 4 aromatic rings. The molecule has 2 aromatic heterocycles. The number of fused-ring (bicyclic) bond motifs is 3. The van der Waals surface area contributed by atoms with Crippen LogP contribution in [0.5, 0.6) is 0 Å². The highest BCUT2D eigenvalue weighted by Gasteiger charge is 2.39. The van der Waals surface area contributed by atoms with Crippen LogP contribution >= 0.6 is 0 Å². The Bertz CT molecular complexity index is 1290. The third-order valence-electron chi connectivity index (χ3n) is 7.08. The van der Waals surface area contributed by atoms with E-state index in [4.69, 9.17) is 9.97 Å². The van der Waals surface area contributed by atoms with Gasteiger partial charge < -0.3 is 4.90 Å². The van der Waals surface area contributed by atoms with Crippen LogP contribution in [-0.4, -0.2) is 30.8 Å². The molecule has 0 bridgehead atoms. The molecule has 166 valence electrons. The molecule has 2 aliphatic rings. The average Bonchev–Trinajstić information content (AvgIpc) is 3.54. The molecular formula is C27H28N6. The van der Waals surface area contributed by atoms with Gasteiger partial charge >= 0.3 is 0 Å². The quantitative estimate of drug-likeness (QED) is 0.398. The second kappa shape index (κ2) is 8.10. The van der Waals surface area contributed by atoms with Crippen molar-refractivity contribution in [3.8, 4) is 28.2 Å². The van der Waals surface area contributed by atoms with Crippen molar-refractivity contribution in [3.05, 3.63) is 72.4 Å². The number of nitrogens with zero attached hydrogens (tertiary/aromatic N) is 6. The van der Waals surface area contributed by atoms with Gasteiger partial charge in [0, 0.05) is 11.6 Å². The molecule has 33 heavy (non-hydrogen) atoms. The van der Waals surface area contributed by atoms with Gasteiger partial charge in [-0.05, 0) is 37.3 Å². The van der Waals surface area contributed by atoms with E-state index in [2.05, 4.69) is 75.1 Å². The van der Waals surface area contributed by atoms with E-state index in [1.54, 1.807) is 0 Å². The molecule has 1 aliphatic heterocycles. The summed E-state index contributed by atoms with van der Waals surface area (Å²) >= 11 is 0. The molecule has 0 spiro atoms. The fourth-order valence-corrected chi connectivity index (χ4v) is 5.54. The minimum atomic E-state index is 0.175. The molecule has 0 N–H and O–H groups in total. The summed E-state index contributed by atoms with van der Waals surface area (Å²) in [6.07, 6.45) is 7.87. The summed E-state index contributed by atoms with van der Waals surface area (Å²) in [5, 5.41) is 9.00. The van der Waals surface area contributed by atoms with Crippen molar-refractivity contribution >= 4 is 5.82 Å². The molecule has 0 radical (unpaired) electrons. The van der Waals surface area contributed by atoms with Gasteiger partial charge in [0.2, 0.25) is 0 Å². The first-order chi connectivity index (χ1) is 16.3. The SMILES string of the molecule is CCC1c2nnc(C)n2-c2cnc(-c3ccccc3-c3ccccc3)nc2N1C1CCCC1. The average molecular weight is 437 g/mol. The standard InChI is InChI=1S/C27H28N6/c1-3-23-27-31-30-18(2)32(27)24-17-28-25(29-26(24)33(23)20-13-7-8-14-20)22-16-10-9-15-21(22)19-11-5-4-6-12-19/h4-6,9-12,15-17,20,23H,3,7-8,13-14H2,1-2H3. The first-order valence-electron chi connectivity index (χ1n) is 12.0. The number of hydrogen-bond donors (Lipinski definition) is 0. The summed E-state index contributed by atoms with van der Waals surface area (Å²) in [6, 6.07) is 19.5. The molecule has 0 amide bonds.